The van der Waals surface area contributed by atoms with Gasteiger partial charge in [0.15, 0.2) is 0 Å². The highest BCUT2D eigenvalue weighted by Crippen LogP contribution is 2.31. The van der Waals surface area contributed by atoms with Gasteiger partial charge in [0.05, 0.1) is 5.69 Å². The first-order chi connectivity index (χ1) is 9.22. The zero-order valence-corrected chi connectivity index (χ0v) is 10.0. The summed E-state index contributed by atoms with van der Waals surface area (Å²) < 4.78 is 13.5. The minimum atomic E-state index is -0.486. The van der Waals surface area contributed by atoms with Gasteiger partial charge in [-0.1, -0.05) is 0 Å². The molecule has 2 heterocycles. The quantitative estimate of drug-likeness (QED) is 0.669. The predicted octanol–water partition coefficient (Wildman–Crippen LogP) is 2.10. The summed E-state index contributed by atoms with van der Waals surface area (Å²) in [6.07, 6.45) is 2.62. The second-order valence-electron chi connectivity index (χ2n) is 4.82. The normalized spacial score (nSPS) is 14.2. The van der Waals surface area contributed by atoms with E-state index < -0.39 is 5.69 Å². The van der Waals surface area contributed by atoms with Crippen LogP contribution in [0.25, 0.3) is 21.9 Å². The lowest BCUT2D eigenvalue weighted by Crippen LogP contribution is -2.07. The van der Waals surface area contributed by atoms with E-state index >= 15 is 0 Å². The van der Waals surface area contributed by atoms with E-state index in [2.05, 4.69) is 15.0 Å². The monoisotopic (exact) mass is 255 g/mol. The van der Waals surface area contributed by atoms with E-state index in [1.54, 1.807) is 6.07 Å². The zero-order valence-electron chi connectivity index (χ0n) is 10.0. The number of H-pyrrole nitrogens is 1. The Balaban J connectivity index is 2.31. The van der Waals surface area contributed by atoms with E-state index in [1.165, 1.54) is 12.1 Å². The van der Waals surface area contributed by atoms with Crippen molar-refractivity contribution in [3.8, 4) is 0 Å². The summed E-state index contributed by atoms with van der Waals surface area (Å²) in [7, 11) is 0. The molecular formula is C14H10FN3O. The van der Waals surface area contributed by atoms with Crippen molar-refractivity contribution >= 4 is 21.9 Å². The largest absolute Gasteiger partial charge is 0.369 e. The van der Waals surface area contributed by atoms with E-state index in [-0.39, 0.29) is 5.82 Å². The van der Waals surface area contributed by atoms with Crippen LogP contribution in [0.3, 0.4) is 0 Å². The summed E-state index contributed by atoms with van der Waals surface area (Å²) in [4.78, 5) is 22.7. The lowest BCUT2D eigenvalue weighted by molar-refractivity contribution is 0.630. The van der Waals surface area contributed by atoms with E-state index in [0.29, 0.717) is 5.65 Å². The van der Waals surface area contributed by atoms with Gasteiger partial charge in [-0.15, -0.1) is 0 Å². The van der Waals surface area contributed by atoms with Crippen LogP contribution in [0.2, 0.25) is 0 Å². The van der Waals surface area contributed by atoms with Crippen molar-refractivity contribution in [2.24, 2.45) is 0 Å². The van der Waals surface area contributed by atoms with Crippen LogP contribution in [0.15, 0.2) is 23.0 Å². The summed E-state index contributed by atoms with van der Waals surface area (Å²) in [5.41, 5.74) is 2.64. The second-order valence-corrected chi connectivity index (χ2v) is 4.82. The van der Waals surface area contributed by atoms with Gasteiger partial charge in [-0.3, -0.25) is 0 Å². The molecule has 0 saturated carbocycles. The Bertz CT molecular complexity index is 885. The Morgan fingerprint density at radius 2 is 2.11 bits per heavy atom. The summed E-state index contributed by atoms with van der Waals surface area (Å²) in [6.45, 7) is 0. The minimum Gasteiger partial charge on any atom is -0.339 e. The molecule has 0 aliphatic heterocycles. The highest BCUT2D eigenvalue weighted by molar-refractivity contribution is 6.07. The molecule has 4 nitrogen and oxygen atoms in total. The van der Waals surface area contributed by atoms with Gasteiger partial charge in [-0.2, -0.15) is 9.97 Å². The summed E-state index contributed by atoms with van der Waals surface area (Å²) in [6, 6.07) is 4.55. The Hall–Kier alpha value is -2.30. The van der Waals surface area contributed by atoms with Crippen LogP contribution in [0.1, 0.15) is 17.7 Å². The minimum absolute atomic E-state index is 0.290. The molecule has 0 radical (unpaired) electrons. The molecule has 0 saturated heterocycles. The first-order valence-electron chi connectivity index (χ1n) is 6.23. The number of aromatic amines is 1. The molecule has 0 fully saturated rings. The van der Waals surface area contributed by atoms with Gasteiger partial charge >= 0.3 is 5.69 Å². The fourth-order valence-electron chi connectivity index (χ4n) is 2.90. The molecule has 94 valence electrons. The molecule has 1 aliphatic carbocycles. The van der Waals surface area contributed by atoms with Crippen LogP contribution < -0.4 is 5.69 Å². The number of aryl methyl sites for hydroxylation is 2. The molecule has 1 aliphatic rings. The maximum absolute atomic E-state index is 13.5. The summed E-state index contributed by atoms with van der Waals surface area (Å²) in [5.74, 6) is -0.290. The average molecular weight is 255 g/mol. The molecule has 3 aromatic rings. The summed E-state index contributed by atoms with van der Waals surface area (Å²) in [5, 5.41) is 1.62. The third kappa shape index (κ3) is 1.47. The molecule has 0 atom stereocenters. The molecule has 0 spiro atoms. The number of benzene rings is 1. The molecule has 0 unspecified atom stereocenters. The van der Waals surface area contributed by atoms with E-state index in [4.69, 9.17) is 0 Å². The first-order valence-corrected chi connectivity index (χ1v) is 6.23. The van der Waals surface area contributed by atoms with Gasteiger partial charge in [0, 0.05) is 16.3 Å². The molecule has 19 heavy (non-hydrogen) atoms. The molecule has 2 aromatic heterocycles. The molecule has 5 heteroatoms. The SMILES string of the molecule is O=c1nc2c(c3c(n1)[nH]c1ccc(F)cc13)CCC2. The lowest BCUT2D eigenvalue weighted by atomic mass is 10.1. The van der Waals surface area contributed by atoms with Crippen LogP contribution in [0, 0.1) is 5.82 Å². The number of nitrogens with zero attached hydrogens (tertiary/aromatic N) is 2. The third-order valence-electron chi connectivity index (χ3n) is 3.67. The average Bonchev–Trinajstić information content (AvgIpc) is 2.90. The fraction of sp³-hybridized carbons (Fsp3) is 0.214. The van der Waals surface area contributed by atoms with Crippen molar-refractivity contribution in [3.05, 3.63) is 45.8 Å². The van der Waals surface area contributed by atoms with Crippen molar-refractivity contribution in [2.45, 2.75) is 19.3 Å². The van der Waals surface area contributed by atoms with Gasteiger partial charge in [0.25, 0.3) is 0 Å². The molecule has 1 N–H and O–H groups in total. The topological polar surface area (TPSA) is 58.6 Å². The van der Waals surface area contributed by atoms with Crippen molar-refractivity contribution in [1.29, 1.82) is 0 Å². The Kier molecular flexibility index (Phi) is 2.01. The van der Waals surface area contributed by atoms with Crippen LogP contribution in [-0.4, -0.2) is 15.0 Å². The third-order valence-corrected chi connectivity index (χ3v) is 3.67. The molecule has 0 bridgehead atoms. The van der Waals surface area contributed by atoms with Crippen molar-refractivity contribution < 1.29 is 4.39 Å². The number of rotatable bonds is 0. The summed E-state index contributed by atoms with van der Waals surface area (Å²) >= 11 is 0. The van der Waals surface area contributed by atoms with Crippen molar-refractivity contribution in [1.82, 2.24) is 15.0 Å². The lowest BCUT2D eigenvalue weighted by Gasteiger charge is -1.95. The Morgan fingerprint density at radius 3 is 3.00 bits per heavy atom. The zero-order chi connectivity index (χ0) is 13.0. The van der Waals surface area contributed by atoms with Gasteiger partial charge in [0.1, 0.15) is 11.5 Å². The van der Waals surface area contributed by atoms with E-state index in [9.17, 15) is 9.18 Å². The highest BCUT2D eigenvalue weighted by atomic mass is 19.1. The molecule has 4 rings (SSSR count). The number of hydrogen-bond donors (Lipinski definition) is 1. The van der Waals surface area contributed by atoms with Crippen LogP contribution in [0.5, 0.6) is 0 Å². The van der Waals surface area contributed by atoms with Gasteiger partial charge in [-0.05, 0) is 43.0 Å². The van der Waals surface area contributed by atoms with E-state index in [0.717, 1.165) is 46.8 Å². The smallest absolute Gasteiger partial charge is 0.339 e. The second kappa shape index (κ2) is 3.60. The van der Waals surface area contributed by atoms with Crippen molar-refractivity contribution in [3.63, 3.8) is 0 Å². The highest BCUT2D eigenvalue weighted by Gasteiger charge is 2.19. The number of aromatic nitrogens is 3. The number of nitrogens with one attached hydrogen (secondary N) is 1. The standard InChI is InChI=1S/C14H10FN3O/c15-7-4-5-11-9(6-7)12-8-2-1-3-10(8)17-14(19)18-13(12)16-11/h4-6H,1-3H2,(H,16,17,18,19). The maximum Gasteiger partial charge on any atom is 0.369 e. The van der Waals surface area contributed by atoms with Crippen LogP contribution >= 0.6 is 0 Å². The van der Waals surface area contributed by atoms with Gasteiger partial charge < -0.3 is 4.98 Å². The maximum atomic E-state index is 13.5. The van der Waals surface area contributed by atoms with Crippen LogP contribution in [-0.2, 0) is 12.8 Å². The van der Waals surface area contributed by atoms with Crippen LogP contribution in [0.4, 0.5) is 4.39 Å². The van der Waals surface area contributed by atoms with Crippen molar-refractivity contribution in [2.75, 3.05) is 0 Å². The van der Waals surface area contributed by atoms with Gasteiger partial charge in [0.2, 0.25) is 0 Å². The predicted molar refractivity (Wildman–Crippen MR) is 69.6 cm³/mol. The van der Waals surface area contributed by atoms with E-state index in [1.807, 2.05) is 0 Å². The molecule has 0 amide bonds. The Morgan fingerprint density at radius 1 is 1.21 bits per heavy atom. The first kappa shape index (κ1) is 10.6. The van der Waals surface area contributed by atoms with Gasteiger partial charge in [-0.25, -0.2) is 9.18 Å². The number of fused-ring (bicyclic) bond motifs is 5. The molecule has 1 aromatic carbocycles. The Labute approximate surface area is 107 Å². The number of hydrogen-bond acceptors (Lipinski definition) is 3. The fourth-order valence-corrected chi connectivity index (χ4v) is 2.90. The molecular weight excluding hydrogens is 245 g/mol. The number of halogens is 1.